The Morgan fingerprint density at radius 1 is 1.45 bits per heavy atom. The van der Waals surface area contributed by atoms with E-state index in [0.717, 1.165) is 4.90 Å². The Balaban J connectivity index is 2.56. The maximum absolute atomic E-state index is 11.8. The monoisotopic (exact) mass is 169 g/mol. The van der Waals surface area contributed by atoms with Gasteiger partial charge in [-0.2, -0.15) is 13.2 Å². The van der Waals surface area contributed by atoms with Crippen LogP contribution in [-0.4, -0.2) is 41.3 Å². The minimum Gasteiger partial charge on any atom is -0.378 e. The first-order valence-electron chi connectivity index (χ1n) is 2.87. The Morgan fingerprint density at radius 2 is 1.91 bits per heavy atom. The normalized spacial score (nSPS) is 22.7. The fraction of sp³-hybridized carbons (Fsp3) is 0.800. The van der Waals surface area contributed by atoms with Gasteiger partial charge in [-0.15, -0.1) is 0 Å². The van der Waals surface area contributed by atoms with E-state index in [0.29, 0.717) is 0 Å². The van der Waals surface area contributed by atoms with Crippen molar-refractivity contribution in [1.29, 1.82) is 0 Å². The van der Waals surface area contributed by atoms with Crippen molar-refractivity contribution in [3.63, 3.8) is 0 Å². The van der Waals surface area contributed by atoms with Gasteiger partial charge in [-0.25, -0.2) is 0 Å². The van der Waals surface area contributed by atoms with Crippen LogP contribution in [0.3, 0.4) is 0 Å². The number of alkyl halides is 3. The quantitative estimate of drug-likeness (QED) is 0.550. The standard InChI is InChI=1S/C5H6F3NO2/c6-5(7,8)4(11)1-9(2-4)3-10/h3,11H,1-2H2. The van der Waals surface area contributed by atoms with Gasteiger partial charge < -0.3 is 10.0 Å². The molecule has 11 heavy (non-hydrogen) atoms. The molecule has 0 spiro atoms. The molecule has 0 atom stereocenters. The molecule has 1 amide bonds. The second-order valence-corrected chi connectivity index (χ2v) is 2.54. The number of carbonyl (C=O) groups is 1. The number of aliphatic hydroxyl groups is 1. The summed E-state index contributed by atoms with van der Waals surface area (Å²) in [4.78, 5) is 10.7. The summed E-state index contributed by atoms with van der Waals surface area (Å²) in [5.41, 5.74) is -2.67. The molecule has 0 saturated carbocycles. The summed E-state index contributed by atoms with van der Waals surface area (Å²) in [7, 11) is 0. The summed E-state index contributed by atoms with van der Waals surface area (Å²) in [5, 5.41) is 8.72. The molecule has 1 aliphatic rings. The Labute approximate surface area is 60.4 Å². The SMILES string of the molecule is O=CN1CC(O)(C(F)(F)F)C1. The summed E-state index contributed by atoms with van der Waals surface area (Å²) < 4.78 is 35.4. The summed E-state index contributed by atoms with van der Waals surface area (Å²) in [6.07, 6.45) is -4.35. The van der Waals surface area contributed by atoms with Crippen molar-refractivity contribution in [3.8, 4) is 0 Å². The average molecular weight is 169 g/mol. The van der Waals surface area contributed by atoms with E-state index in [-0.39, 0.29) is 6.41 Å². The van der Waals surface area contributed by atoms with Crippen molar-refractivity contribution in [2.24, 2.45) is 0 Å². The predicted molar refractivity (Wildman–Crippen MR) is 28.6 cm³/mol. The van der Waals surface area contributed by atoms with E-state index in [2.05, 4.69) is 0 Å². The summed E-state index contributed by atoms with van der Waals surface area (Å²) in [5.74, 6) is 0. The zero-order chi connectivity index (χ0) is 8.70. The topological polar surface area (TPSA) is 40.5 Å². The highest BCUT2D eigenvalue weighted by molar-refractivity contribution is 5.50. The molecule has 1 fully saturated rings. The number of hydrogen-bond donors (Lipinski definition) is 1. The van der Waals surface area contributed by atoms with Crippen LogP contribution in [0.25, 0.3) is 0 Å². The Kier molecular flexibility index (Phi) is 1.59. The summed E-state index contributed by atoms with van der Waals surface area (Å²) in [6.45, 7) is -1.31. The van der Waals surface area contributed by atoms with E-state index in [1.54, 1.807) is 0 Å². The first-order chi connectivity index (χ1) is 4.89. The molecule has 0 aromatic carbocycles. The van der Waals surface area contributed by atoms with E-state index in [1.807, 2.05) is 0 Å². The summed E-state index contributed by atoms with van der Waals surface area (Å²) in [6, 6.07) is 0. The van der Waals surface area contributed by atoms with Gasteiger partial charge in [0, 0.05) is 0 Å². The fourth-order valence-electron chi connectivity index (χ4n) is 0.879. The highest BCUT2D eigenvalue weighted by Crippen LogP contribution is 2.36. The smallest absolute Gasteiger partial charge is 0.378 e. The molecule has 64 valence electrons. The van der Waals surface area contributed by atoms with Gasteiger partial charge in [0.1, 0.15) is 0 Å². The van der Waals surface area contributed by atoms with Crippen molar-refractivity contribution in [2.45, 2.75) is 11.8 Å². The van der Waals surface area contributed by atoms with Crippen LogP contribution in [-0.2, 0) is 4.79 Å². The van der Waals surface area contributed by atoms with Crippen LogP contribution in [0.1, 0.15) is 0 Å². The molecule has 1 heterocycles. The fourth-order valence-corrected chi connectivity index (χ4v) is 0.879. The van der Waals surface area contributed by atoms with E-state index >= 15 is 0 Å². The van der Waals surface area contributed by atoms with Crippen LogP contribution in [0.2, 0.25) is 0 Å². The molecule has 0 aromatic rings. The maximum Gasteiger partial charge on any atom is 0.420 e. The second kappa shape index (κ2) is 2.10. The Bertz CT molecular complexity index is 173. The van der Waals surface area contributed by atoms with E-state index in [1.165, 1.54) is 0 Å². The number of rotatable bonds is 1. The van der Waals surface area contributed by atoms with Crippen molar-refractivity contribution in [2.75, 3.05) is 13.1 Å². The molecular formula is C5H6F3NO2. The lowest BCUT2D eigenvalue weighted by Gasteiger charge is -2.44. The molecular weight excluding hydrogens is 163 g/mol. The second-order valence-electron chi connectivity index (χ2n) is 2.54. The number of halogens is 3. The predicted octanol–water partition coefficient (Wildman–Crippen LogP) is -0.248. The van der Waals surface area contributed by atoms with Gasteiger partial charge in [0.2, 0.25) is 6.41 Å². The molecule has 1 saturated heterocycles. The van der Waals surface area contributed by atoms with Crippen molar-refractivity contribution in [3.05, 3.63) is 0 Å². The van der Waals surface area contributed by atoms with Gasteiger partial charge in [0.05, 0.1) is 13.1 Å². The number of amides is 1. The minimum absolute atomic E-state index is 0.278. The van der Waals surface area contributed by atoms with Crippen molar-refractivity contribution >= 4 is 6.41 Å². The van der Waals surface area contributed by atoms with Gasteiger partial charge in [-0.05, 0) is 0 Å². The largest absolute Gasteiger partial charge is 0.420 e. The van der Waals surface area contributed by atoms with Crippen LogP contribution in [0.4, 0.5) is 13.2 Å². The lowest BCUT2D eigenvalue weighted by molar-refractivity contribution is -0.295. The molecule has 1 rings (SSSR count). The van der Waals surface area contributed by atoms with Gasteiger partial charge in [-0.1, -0.05) is 0 Å². The van der Waals surface area contributed by atoms with Crippen LogP contribution < -0.4 is 0 Å². The molecule has 1 N–H and O–H groups in total. The number of nitrogens with zero attached hydrogens (tertiary/aromatic N) is 1. The van der Waals surface area contributed by atoms with Gasteiger partial charge in [0.25, 0.3) is 0 Å². The van der Waals surface area contributed by atoms with Crippen LogP contribution >= 0.6 is 0 Å². The van der Waals surface area contributed by atoms with E-state index in [9.17, 15) is 18.0 Å². The highest BCUT2D eigenvalue weighted by Gasteiger charge is 2.60. The van der Waals surface area contributed by atoms with Gasteiger partial charge >= 0.3 is 6.18 Å². The van der Waals surface area contributed by atoms with Crippen molar-refractivity contribution in [1.82, 2.24) is 4.90 Å². The van der Waals surface area contributed by atoms with Gasteiger partial charge in [0.15, 0.2) is 5.60 Å². The third-order valence-electron chi connectivity index (χ3n) is 1.61. The molecule has 3 nitrogen and oxygen atoms in total. The molecule has 0 aromatic heterocycles. The molecule has 0 bridgehead atoms. The number of likely N-dealkylation sites (tertiary alicyclic amines) is 1. The van der Waals surface area contributed by atoms with Crippen LogP contribution in [0.5, 0.6) is 0 Å². The van der Waals surface area contributed by atoms with Gasteiger partial charge in [-0.3, -0.25) is 4.79 Å². The Hall–Kier alpha value is -0.780. The van der Waals surface area contributed by atoms with E-state index in [4.69, 9.17) is 5.11 Å². The number of β-amino-alcohol motifs (C(OH)–C–C–N with tert-alkyl or cyclic N) is 1. The lowest BCUT2D eigenvalue weighted by atomic mass is 9.94. The zero-order valence-corrected chi connectivity index (χ0v) is 5.43. The molecule has 0 radical (unpaired) electrons. The number of hydrogen-bond acceptors (Lipinski definition) is 2. The zero-order valence-electron chi connectivity index (χ0n) is 5.43. The first-order valence-corrected chi connectivity index (χ1v) is 2.87. The first kappa shape index (κ1) is 8.32. The molecule has 0 aliphatic carbocycles. The lowest BCUT2D eigenvalue weighted by Crippen LogP contribution is -2.68. The summed E-state index contributed by atoms with van der Waals surface area (Å²) >= 11 is 0. The van der Waals surface area contributed by atoms with Crippen molar-refractivity contribution < 1.29 is 23.1 Å². The minimum atomic E-state index is -4.63. The maximum atomic E-state index is 11.8. The third kappa shape index (κ3) is 1.18. The Morgan fingerprint density at radius 3 is 2.18 bits per heavy atom. The molecule has 0 unspecified atom stereocenters. The van der Waals surface area contributed by atoms with Crippen LogP contribution in [0, 0.1) is 0 Å². The highest BCUT2D eigenvalue weighted by atomic mass is 19.4. The average Bonchev–Trinajstić information content (AvgIpc) is 1.78. The number of carbonyl (C=O) groups excluding carboxylic acids is 1. The van der Waals surface area contributed by atoms with E-state index < -0.39 is 24.9 Å². The molecule has 1 aliphatic heterocycles. The third-order valence-corrected chi connectivity index (χ3v) is 1.61. The molecule has 6 heteroatoms. The van der Waals surface area contributed by atoms with Crippen LogP contribution in [0.15, 0.2) is 0 Å².